The number of anilines is 3. The Kier molecular flexibility index (Phi) is 11.3. The number of hydrazone groups is 1. The molecule has 3 aromatic rings. The summed E-state index contributed by atoms with van der Waals surface area (Å²) in [6.45, 7) is 15.1. The average Bonchev–Trinajstić information content (AvgIpc) is 3.35. The van der Waals surface area contributed by atoms with Crippen molar-refractivity contribution in [1.82, 2.24) is 0 Å². The largest absolute Gasteiger partial charge is 0.480 e. The average molecular weight is 707 g/mol. The van der Waals surface area contributed by atoms with Gasteiger partial charge in [0.1, 0.15) is 17.3 Å². The molecule has 2 N–H and O–H groups in total. The van der Waals surface area contributed by atoms with Crippen molar-refractivity contribution in [2.75, 3.05) is 15.6 Å². The highest BCUT2D eigenvalue weighted by Crippen LogP contribution is 2.40. The maximum Gasteiger partial charge on any atom is 0.265 e. The number of rotatable bonds is 11. The zero-order valence-corrected chi connectivity index (χ0v) is 30.2. The first-order valence-electron chi connectivity index (χ1n) is 15.3. The van der Waals surface area contributed by atoms with E-state index in [1.807, 2.05) is 13.0 Å². The van der Waals surface area contributed by atoms with Crippen molar-refractivity contribution in [2.45, 2.75) is 91.1 Å². The second kappa shape index (κ2) is 14.4. The molecule has 1 atom stereocenters. The minimum absolute atomic E-state index is 0.0184. The molecule has 0 radical (unpaired) electrons. The van der Waals surface area contributed by atoms with Crippen LogP contribution in [0.2, 0.25) is 20.1 Å². The molecular formula is C35H40Cl4N4O3. The molecule has 7 nitrogen and oxygen atoms in total. The van der Waals surface area contributed by atoms with Crippen molar-refractivity contribution in [1.29, 1.82) is 0 Å². The number of halogens is 4. The minimum atomic E-state index is -0.734. The van der Waals surface area contributed by atoms with Crippen molar-refractivity contribution in [3.63, 3.8) is 0 Å². The van der Waals surface area contributed by atoms with Gasteiger partial charge in [-0.2, -0.15) is 10.1 Å². The lowest BCUT2D eigenvalue weighted by atomic mass is 9.76. The van der Waals surface area contributed by atoms with Gasteiger partial charge in [0.15, 0.2) is 6.10 Å². The third-order valence-electron chi connectivity index (χ3n) is 8.67. The van der Waals surface area contributed by atoms with Crippen LogP contribution < -0.4 is 20.4 Å². The lowest BCUT2D eigenvalue weighted by Crippen LogP contribution is -2.33. The fourth-order valence-electron chi connectivity index (χ4n) is 4.94. The van der Waals surface area contributed by atoms with E-state index in [2.05, 4.69) is 69.4 Å². The predicted octanol–water partition coefficient (Wildman–Crippen LogP) is 10.6. The predicted molar refractivity (Wildman–Crippen MR) is 192 cm³/mol. The van der Waals surface area contributed by atoms with Crippen molar-refractivity contribution < 1.29 is 14.3 Å². The van der Waals surface area contributed by atoms with Crippen LogP contribution in [0.1, 0.15) is 85.3 Å². The van der Waals surface area contributed by atoms with Gasteiger partial charge in [-0.1, -0.05) is 107 Å². The molecule has 11 heteroatoms. The molecule has 1 aliphatic heterocycles. The quantitative estimate of drug-likeness (QED) is 0.208. The molecule has 246 valence electrons. The van der Waals surface area contributed by atoms with Gasteiger partial charge in [0.25, 0.3) is 11.8 Å². The molecule has 0 aromatic heterocycles. The van der Waals surface area contributed by atoms with Gasteiger partial charge in [-0.3, -0.25) is 9.59 Å². The van der Waals surface area contributed by atoms with Gasteiger partial charge in [0, 0.05) is 16.3 Å². The molecule has 2 amide bonds. The Hall–Kier alpha value is -2.97. The summed E-state index contributed by atoms with van der Waals surface area (Å²) >= 11 is 25.1. The van der Waals surface area contributed by atoms with Gasteiger partial charge in [0.2, 0.25) is 0 Å². The minimum Gasteiger partial charge on any atom is -0.480 e. The number of benzene rings is 3. The van der Waals surface area contributed by atoms with Crippen LogP contribution in [-0.2, 0) is 20.4 Å². The van der Waals surface area contributed by atoms with Gasteiger partial charge < -0.3 is 15.4 Å². The molecule has 0 aliphatic carbocycles. The highest BCUT2D eigenvalue weighted by molar-refractivity contribution is 6.42. The molecule has 0 bridgehead atoms. The maximum atomic E-state index is 13.5. The Bertz CT molecular complexity index is 1650. The standard InChI is InChI=1S/C35H40Cl4N4O3/c1-8-28(46-29-14-11-20(34(4,5)9-2)15-23(29)35(6,7)10-3)33(45)40-22-12-13-24(37)27(18-22)41-30-19-31(44)43(42-30)32-25(38)16-21(36)17-26(32)39/h11-18,28H,8-10,19H2,1-7H3,(H,40,45)(H,41,42). The first kappa shape index (κ1) is 35.9. The second-order valence-electron chi connectivity index (χ2n) is 12.7. The Morgan fingerprint density at radius 1 is 0.913 bits per heavy atom. The molecule has 1 heterocycles. The molecule has 0 saturated heterocycles. The first-order chi connectivity index (χ1) is 21.6. The number of amidine groups is 1. The SMILES string of the molecule is CCC(Oc1ccc(C(C)(C)CC)cc1C(C)(C)CC)C(=O)Nc1ccc(Cl)c(NC2=NN(c3c(Cl)cc(Cl)cc3Cl)C(=O)C2)c1. The fraction of sp³-hybridized carbons (Fsp3) is 0.400. The van der Waals surface area contributed by atoms with Crippen LogP contribution in [0.5, 0.6) is 5.75 Å². The highest BCUT2D eigenvalue weighted by Gasteiger charge is 2.31. The van der Waals surface area contributed by atoms with Crippen molar-refractivity contribution in [3.05, 3.63) is 79.7 Å². The number of carbonyl (C=O) groups excluding carboxylic acids is 2. The summed E-state index contributed by atoms with van der Waals surface area (Å²) in [7, 11) is 0. The zero-order chi connectivity index (χ0) is 34.0. The summed E-state index contributed by atoms with van der Waals surface area (Å²) in [5.74, 6) is 0.403. The highest BCUT2D eigenvalue weighted by atomic mass is 35.5. The third-order valence-corrected chi connectivity index (χ3v) is 9.80. The number of hydrogen-bond donors (Lipinski definition) is 2. The van der Waals surface area contributed by atoms with E-state index in [1.165, 1.54) is 17.7 Å². The van der Waals surface area contributed by atoms with Crippen LogP contribution in [0, 0.1) is 0 Å². The van der Waals surface area contributed by atoms with Gasteiger partial charge in [-0.15, -0.1) is 0 Å². The maximum absolute atomic E-state index is 13.5. The molecular weight excluding hydrogens is 666 g/mol. The van der Waals surface area contributed by atoms with Crippen LogP contribution >= 0.6 is 46.4 Å². The van der Waals surface area contributed by atoms with E-state index in [0.29, 0.717) is 39.4 Å². The molecule has 0 spiro atoms. The van der Waals surface area contributed by atoms with E-state index in [1.54, 1.807) is 18.2 Å². The Morgan fingerprint density at radius 2 is 1.57 bits per heavy atom. The van der Waals surface area contributed by atoms with Crippen LogP contribution in [-0.4, -0.2) is 23.8 Å². The smallest absolute Gasteiger partial charge is 0.265 e. The summed E-state index contributed by atoms with van der Waals surface area (Å²) in [4.78, 5) is 26.3. The molecule has 4 rings (SSSR count). The van der Waals surface area contributed by atoms with Crippen LogP contribution in [0.3, 0.4) is 0 Å². The van der Waals surface area contributed by atoms with E-state index in [9.17, 15) is 9.59 Å². The van der Waals surface area contributed by atoms with Crippen LogP contribution in [0.15, 0.2) is 53.6 Å². The fourth-order valence-corrected chi connectivity index (χ4v) is 6.08. The van der Waals surface area contributed by atoms with E-state index < -0.39 is 6.10 Å². The third kappa shape index (κ3) is 7.93. The summed E-state index contributed by atoms with van der Waals surface area (Å²) < 4.78 is 6.43. The van der Waals surface area contributed by atoms with Gasteiger partial charge >= 0.3 is 0 Å². The van der Waals surface area contributed by atoms with Gasteiger partial charge in [0.05, 0.1) is 27.2 Å². The Morgan fingerprint density at radius 3 is 2.17 bits per heavy atom. The summed E-state index contributed by atoms with van der Waals surface area (Å²) in [6.07, 6.45) is 1.60. The summed E-state index contributed by atoms with van der Waals surface area (Å²) in [5.41, 5.74) is 3.39. The molecule has 3 aromatic carbocycles. The molecule has 0 saturated carbocycles. The van der Waals surface area contributed by atoms with Crippen LogP contribution in [0.4, 0.5) is 17.1 Å². The summed E-state index contributed by atoms with van der Waals surface area (Å²) in [6, 6.07) is 14.3. The Labute approximate surface area is 291 Å². The molecule has 1 aliphatic rings. The second-order valence-corrected chi connectivity index (χ2v) is 14.3. The summed E-state index contributed by atoms with van der Waals surface area (Å²) in [5, 5.41) is 12.7. The zero-order valence-electron chi connectivity index (χ0n) is 27.2. The number of nitrogens with one attached hydrogen (secondary N) is 2. The monoisotopic (exact) mass is 704 g/mol. The van der Waals surface area contributed by atoms with E-state index in [4.69, 9.17) is 51.1 Å². The number of ether oxygens (including phenoxy) is 1. The number of nitrogens with zero attached hydrogens (tertiary/aromatic N) is 2. The van der Waals surface area contributed by atoms with Crippen LogP contribution in [0.25, 0.3) is 0 Å². The number of amides is 2. The number of carbonyl (C=O) groups is 2. The first-order valence-corrected chi connectivity index (χ1v) is 16.8. The van der Waals surface area contributed by atoms with Crippen molar-refractivity contribution in [2.24, 2.45) is 5.10 Å². The van der Waals surface area contributed by atoms with E-state index in [-0.39, 0.29) is 44.8 Å². The van der Waals surface area contributed by atoms with E-state index >= 15 is 0 Å². The lowest BCUT2D eigenvalue weighted by Gasteiger charge is -2.31. The lowest BCUT2D eigenvalue weighted by molar-refractivity contribution is -0.123. The van der Waals surface area contributed by atoms with E-state index in [0.717, 1.165) is 23.4 Å². The normalized spacial score (nSPS) is 14.3. The van der Waals surface area contributed by atoms with Crippen molar-refractivity contribution in [3.8, 4) is 5.75 Å². The van der Waals surface area contributed by atoms with Gasteiger partial charge in [-0.25, -0.2) is 0 Å². The molecule has 0 fully saturated rings. The van der Waals surface area contributed by atoms with Gasteiger partial charge in [-0.05, 0) is 72.1 Å². The molecule has 1 unspecified atom stereocenters. The van der Waals surface area contributed by atoms with Crippen molar-refractivity contribution >= 4 is 81.1 Å². The number of hydrogen-bond acceptors (Lipinski definition) is 5. The Balaban J connectivity index is 1.54. The topological polar surface area (TPSA) is 83.0 Å². The molecule has 46 heavy (non-hydrogen) atoms.